The highest BCUT2D eigenvalue weighted by Crippen LogP contribution is 2.23. The van der Waals surface area contributed by atoms with Crippen molar-refractivity contribution in [3.05, 3.63) is 40.4 Å². The topological polar surface area (TPSA) is 37.8 Å². The Hall–Kier alpha value is -1.42. The first-order chi connectivity index (χ1) is 7.66. The summed E-state index contributed by atoms with van der Waals surface area (Å²) in [6, 6.07) is 6.76. The van der Waals surface area contributed by atoms with Gasteiger partial charge in [0.1, 0.15) is 5.51 Å². The molecule has 1 unspecified atom stereocenters. The fourth-order valence-corrected chi connectivity index (χ4v) is 2.26. The molecule has 2 rings (SSSR count). The van der Waals surface area contributed by atoms with Gasteiger partial charge in [-0.05, 0) is 31.9 Å². The third kappa shape index (κ3) is 2.39. The van der Waals surface area contributed by atoms with Crippen LogP contribution in [0.5, 0.6) is 0 Å². The van der Waals surface area contributed by atoms with Crippen LogP contribution < -0.4 is 5.32 Å². The zero-order valence-electron chi connectivity index (χ0n) is 9.69. The van der Waals surface area contributed by atoms with Gasteiger partial charge in [-0.15, -0.1) is 10.2 Å². The lowest BCUT2D eigenvalue weighted by atomic mass is 10.0. The molecule has 1 heterocycles. The summed E-state index contributed by atoms with van der Waals surface area (Å²) in [6.07, 6.45) is 0. The molecular formula is C12H15N3S. The van der Waals surface area contributed by atoms with E-state index in [1.807, 2.05) is 0 Å². The Balaban J connectivity index is 2.20. The summed E-state index contributed by atoms with van der Waals surface area (Å²) in [6.45, 7) is 6.39. The zero-order chi connectivity index (χ0) is 11.5. The molecular weight excluding hydrogens is 218 g/mol. The van der Waals surface area contributed by atoms with E-state index in [1.54, 1.807) is 5.51 Å². The van der Waals surface area contributed by atoms with Crippen LogP contribution in [0, 0.1) is 13.8 Å². The van der Waals surface area contributed by atoms with Gasteiger partial charge in [0.2, 0.25) is 5.13 Å². The van der Waals surface area contributed by atoms with Gasteiger partial charge in [-0.1, -0.05) is 35.1 Å². The molecule has 1 aromatic heterocycles. The van der Waals surface area contributed by atoms with Crippen LogP contribution in [0.4, 0.5) is 5.13 Å². The van der Waals surface area contributed by atoms with Crippen molar-refractivity contribution in [2.24, 2.45) is 0 Å². The van der Waals surface area contributed by atoms with Gasteiger partial charge in [-0.3, -0.25) is 0 Å². The predicted octanol–water partition coefficient (Wildman–Crippen LogP) is 3.33. The van der Waals surface area contributed by atoms with E-state index in [4.69, 9.17) is 0 Å². The molecule has 0 aliphatic carbocycles. The Kier molecular flexibility index (Phi) is 3.19. The summed E-state index contributed by atoms with van der Waals surface area (Å²) in [7, 11) is 0. The Morgan fingerprint density at radius 3 is 2.81 bits per heavy atom. The SMILES string of the molecule is Cc1ccc(C)c(C(C)Nc2nncs2)c1. The van der Waals surface area contributed by atoms with Crippen LogP contribution in [0.1, 0.15) is 29.7 Å². The summed E-state index contributed by atoms with van der Waals surface area (Å²) in [4.78, 5) is 0. The van der Waals surface area contributed by atoms with Crippen LogP contribution in [0.3, 0.4) is 0 Å². The third-order valence-corrected chi connectivity index (χ3v) is 3.22. The van der Waals surface area contributed by atoms with E-state index in [-0.39, 0.29) is 6.04 Å². The Morgan fingerprint density at radius 2 is 2.12 bits per heavy atom. The van der Waals surface area contributed by atoms with Gasteiger partial charge in [0.15, 0.2) is 0 Å². The van der Waals surface area contributed by atoms with Crippen molar-refractivity contribution >= 4 is 16.5 Å². The number of anilines is 1. The third-order valence-electron chi connectivity index (χ3n) is 2.60. The number of aryl methyl sites for hydroxylation is 2. The molecule has 1 atom stereocenters. The first-order valence-corrected chi connectivity index (χ1v) is 6.14. The van der Waals surface area contributed by atoms with E-state index in [2.05, 4.69) is 54.5 Å². The highest BCUT2D eigenvalue weighted by molar-refractivity contribution is 7.13. The number of nitrogens with one attached hydrogen (secondary N) is 1. The van der Waals surface area contributed by atoms with Gasteiger partial charge in [-0.2, -0.15) is 0 Å². The highest BCUT2D eigenvalue weighted by Gasteiger charge is 2.09. The number of aromatic nitrogens is 2. The maximum atomic E-state index is 3.99. The number of rotatable bonds is 3. The highest BCUT2D eigenvalue weighted by atomic mass is 32.1. The predicted molar refractivity (Wildman–Crippen MR) is 67.9 cm³/mol. The van der Waals surface area contributed by atoms with Crippen LogP contribution >= 0.6 is 11.3 Å². The summed E-state index contributed by atoms with van der Waals surface area (Å²) in [5.74, 6) is 0. The Bertz CT molecular complexity index is 465. The fourth-order valence-electron chi connectivity index (χ4n) is 1.73. The first kappa shape index (κ1) is 11.1. The summed E-state index contributed by atoms with van der Waals surface area (Å²) < 4.78 is 0. The lowest BCUT2D eigenvalue weighted by Crippen LogP contribution is -2.08. The summed E-state index contributed by atoms with van der Waals surface area (Å²) >= 11 is 1.52. The van der Waals surface area contributed by atoms with Gasteiger partial charge in [0, 0.05) is 0 Å². The molecule has 0 fully saturated rings. The maximum Gasteiger partial charge on any atom is 0.205 e. The molecule has 0 aliphatic heterocycles. The second kappa shape index (κ2) is 4.61. The minimum absolute atomic E-state index is 0.257. The minimum atomic E-state index is 0.257. The summed E-state index contributed by atoms with van der Waals surface area (Å²) in [5.41, 5.74) is 5.63. The van der Waals surface area contributed by atoms with E-state index in [9.17, 15) is 0 Å². The van der Waals surface area contributed by atoms with Crippen molar-refractivity contribution in [3.8, 4) is 0 Å². The quantitative estimate of drug-likeness (QED) is 0.883. The van der Waals surface area contributed by atoms with Crippen LogP contribution in [0.25, 0.3) is 0 Å². The van der Waals surface area contributed by atoms with Gasteiger partial charge in [-0.25, -0.2) is 0 Å². The van der Waals surface area contributed by atoms with Crippen molar-refractivity contribution in [2.75, 3.05) is 5.32 Å². The monoisotopic (exact) mass is 233 g/mol. The molecule has 2 aromatic rings. The van der Waals surface area contributed by atoms with E-state index < -0.39 is 0 Å². The van der Waals surface area contributed by atoms with Crippen LogP contribution in [0.15, 0.2) is 23.7 Å². The largest absolute Gasteiger partial charge is 0.354 e. The summed E-state index contributed by atoms with van der Waals surface area (Å²) in [5, 5.41) is 12.0. The van der Waals surface area contributed by atoms with E-state index in [0.29, 0.717) is 0 Å². The minimum Gasteiger partial charge on any atom is -0.354 e. The van der Waals surface area contributed by atoms with Crippen LogP contribution in [-0.2, 0) is 0 Å². The van der Waals surface area contributed by atoms with Crippen molar-refractivity contribution in [2.45, 2.75) is 26.8 Å². The lowest BCUT2D eigenvalue weighted by Gasteiger charge is -2.16. The van der Waals surface area contributed by atoms with E-state index in [0.717, 1.165) is 5.13 Å². The Labute approximate surface area is 99.5 Å². The lowest BCUT2D eigenvalue weighted by molar-refractivity contribution is 0.862. The molecule has 0 amide bonds. The number of hydrogen-bond donors (Lipinski definition) is 1. The van der Waals surface area contributed by atoms with Gasteiger partial charge < -0.3 is 5.32 Å². The van der Waals surface area contributed by atoms with E-state index >= 15 is 0 Å². The Morgan fingerprint density at radius 1 is 1.31 bits per heavy atom. The molecule has 3 nitrogen and oxygen atoms in total. The molecule has 84 valence electrons. The van der Waals surface area contributed by atoms with Crippen molar-refractivity contribution < 1.29 is 0 Å². The zero-order valence-corrected chi connectivity index (χ0v) is 10.5. The molecule has 1 aromatic carbocycles. The van der Waals surface area contributed by atoms with Crippen molar-refractivity contribution in [1.29, 1.82) is 0 Å². The standard InChI is InChI=1S/C12H15N3S/c1-8-4-5-9(2)11(6-8)10(3)14-12-15-13-7-16-12/h4-7,10H,1-3H3,(H,14,15). The smallest absolute Gasteiger partial charge is 0.205 e. The number of nitrogens with zero attached hydrogens (tertiary/aromatic N) is 2. The maximum absolute atomic E-state index is 3.99. The fraction of sp³-hybridized carbons (Fsp3) is 0.333. The number of benzene rings is 1. The molecule has 4 heteroatoms. The van der Waals surface area contributed by atoms with Gasteiger partial charge in [0.05, 0.1) is 6.04 Å². The normalized spacial score (nSPS) is 12.4. The van der Waals surface area contributed by atoms with Crippen LogP contribution in [0.2, 0.25) is 0 Å². The van der Waals surface area contributed by atoms with Gasteiger partial charge >= 0.3 is 0 Å². The molecule has 0 aliphatic rings. The molecule has 1 N–H and O–H groups in total. The molecule has 0 saturated heterocycles. The molecule has 0 radical (unpaired) electrons. The average Bonchev–Trinajstić information content (AvgIpc) is 2.74. The van der Waals surface area contributed by atoms with Crippen molar-refractivity contribution in [3.63, 3.8) is 0 Å². The second-order valence-electron chi connectivity index (χ2n) is 3.97. The number of hydrogen-bond acceptors (Lipinski definition) is 4. The first-order valence-electron chi connectivity index (χ1n) is 5.26. The molecule has 0 saturated carbocycles. The molecule has 0 spiro atoms. The van der Waals surface area contributed by atoms with E-state index in [1.165, 1.54) is 28.0 Å². The molecule has 0 bridgehead atoms. The van der Waals surface area contributed by atoms with Crippen LogP contribution in [-0.4, -0.2) is 10.2 Å². The van der Waals surface area contributed by atoms with Crippen molar-refractivity contribution in [1.82, 2.24) is 10.2 Å². The molecule has 16 heavy (non-hydrogen) atoms. The van der Waals surface area contributed by atoms with Gasteiger partial charge in [0.25, 0.3) is 0 Å². The second-order valence-corrected chi connectivity index (χ2v) is 4.80. The average molecular weight is 233 g/mol.